The van der Waals surface area contributed by atoms with E-state index in [0.717, 1.165) is 17.6 Å². The highest BCUT2D eigenvalue weighted by Crippen LogP contribution is 2.39. The van der Waals surface area contributed by atoms with Gasteiger partial charge in [0.05, 0.1) is 0 Å². The third kappa shape index (κ3) is 2.29. The number of hydrogen-bond acceptors (Lipinski definition) is 2. The Labute approximate surface area is 114 Å². The molecule has 3 rings (SSSR count). The lowest BCUT2D eigenvalue weighted by Gasteiger charge is -2.42. The van der Waals surface area contributed by atoms with Gasteiger partial charge in [-0.15, -0.1) is 0 Å². The van der Waals surface area contributed by atoms with Gasteiger partial charge in [-0.05, 0) is 56.5 Å². The van der Waals surface area contributed by atoms with E-state index in [1.54, 1.807) is 0 Å². The fourth-order valence-electron chi connectivity index (χ4n) is 3.19. The molecule has 1 aliphatic carbocycles. The van der Waals surface area contributed by atoms with E-state index in [9.17, 15) is 0 Å². The first kappa shape index (κ1) is 12.5. The molecule has 0 unspecified atom stereocenters. The van der Waals surface area contributed by atoms with Crippen molar-refractivity contribution in [1.29, 1.82) is 0 Å². The van der Waals surface area contributed by atoms with Gasteiger partial charge in [-0.2, -0.15) is 0 Å². The van der Waals surface area contributed by atoms with Crippen LogP contribution < -0.4 is 5.73 Å². The summed E-state index contributed by atoms with van der Waals surface area (Å²) in [5.41, 5.74) is 7.57. The molecule has 0 amide bonds. The minimum absolute atomic E-state index is 0.149. The smallest absolute Gasteiger partial charge is 0.0408 e. The predicted molar refractivity (Wildman–Crippen MR) is 76.0 cm³/mol. The first-order valence-corrected chi connectivity index (χ1v) is 7.31. The van der Waals surface area contributed by atoms with Crippen LogP contribution in [-0.4, -0.2) is 30.6 Å². The van der Waals surface area contributed by atoms with Crippen molar-refractivity contribution < 1.29 is 0 Å². The van der Waals surface area contributed by atoms with Crippen molar-refractivity contribution >= 4 is 11.6 Å². The third-order valence-electron chi connectivity index (χ3n) is 4.65. The Hall–Kier alpha value is -0.570. The Morgan fingerprint density at radius 1 is 1.28 bits per heavy atom. The molecule has 0 bridgehead atoms. The second-order valence-electron chi connectivity index (χ2n) is 5.76. The maximum Gasteiger partial charge on any atom is 0.0408 e. The summed E-state index contributed by atoms with van der Waals surface area (Å²) in [6.45, 7) is 3.11. The minimum atomic E-state index is 0.149. The molecule has 2 N–H and O–H groups in total. The van der Waals surface area contributed by atoms with Gasteiger partial charge in [-0.25, -0.2) is 0 Å². The molecule has 2 fully saturated rings. The summed E-state index contributed by atoms with van der Waals surface area (Å²) >= 11 is 6.12. The molecule has 1 heterocycles. The topological polar surface area (TPSA) is 29.3 Å². The molecule has 3 heteroatoms. The van der Waals surface area contributed by atoms with Gasteiger partial charge in [-0.1, -0.05) is 23.7 Å². The van der Waals surface area contributed by atoms with Crippen LogP contribution >= 0.6 is 11.6 Å². The highest BCUT2D eigenvalue weighted by atomic mass is 35.5. The summed E-state index contributed by atoms with van der Waals surface area (Å²) in [6, 6.07) is 9.14. The number of hydrogen-bond donors (Lipinski definition) is 1. The lowest BCUT2D eigenvalue weighted by Crippen LogP contribution is -2.47. The van der Waals surface area contributed by atoms with Crippen molar-refractivity contribution in [3.63, 3.8) is 0 Å². The Morgan fingerprint density at radius 3 is 2.56 bits per heavy atom. The average Bonchev–Trinajstić information content (AvgIpc) is 3.23. The molecule has 1 saturated heterocycles. The van der Waals surface area contributed by atoms with Crippen molar-refractivity contribution in [1.82, 2.24) is 4.90 Å². The monoisotopic (exact) mass is 264 g/mol. The minimum Gasteiger partial charge on any atom is -0.330 e. The number of nitrogens with two attached hydrogens (primary N) is 1. The zero-order valence-corrected chi connectivity index (χ0v) is 11.5. The van der Waals surface area contributed by atoms with Crippen molar-refractivity contribution in [2.75, 3.05) is 19.6 Å². The number of rotatable bonds is 3. The quantitative estimate of drug-likeness (QED) is 0.910. The van der Waals surface area contributed by atoms with Gasteiger partial charge in [-0.3, -0.25) is 0 Å². The van der Waals surface area contributed by atoms with Gasteiger partial charge >= 0.3 is 0 Å². The molecule has 0 atom stereocenters. The molecule has 0 radical (unpaired) electrons. The lowest BCUT2D eigenvalue weighted by molar-refractivity contribution is 0.155. The van der Waals surface area contributed by atoms with E-state index in [2.05, 4.69) is 17.0 Å². The summed E-state index contributed by atoms with van der Waals surface area (Å²) in [4.78, 5) is 2.64. The molecule has 1 aliphatic heterocycles. The summed E-state index contributed by atoms with van der Waals surface area (Å²) in [6.07, 6.45) is 5.13. The zero-order valence-electron chi connectivity index (χ0n) is 10.7. The van der Waals surface area contributed by atoms with Crippen molar-refractivity contribution in [2.24, 2.45) is 5.73 Å². The summed E-state index contributed by atoms with van der Waals surface area (Å²) in [5.74, 6) is 0. The number of benzene rings is 1. The van der Waals surface area contributed by atoms with E-state index in [1.165, 1.54) is 44.3 Å². The number of piperidine rings is 1. The van der Waals surface area contributed by atoms with E-state index in [0.29, 0.717) is 0 Å². The summed E-state index contributed by atoms with van der Waals surface area (Å²) in [7, 11) is 0. The van der Waals surface area contributed by atoms with Crippen LogP contribution in [0.2, 0.25) is 5.02 Å². The summed E-state index contributed by atoms with van der Waals surface area (Å²) in [5, 5.41) is 0.824. The average molecular weight is 265 g/mol. The van der Waals surface area contributed by atoms with Crippen LogP contribution in [0, 0.1) is 0 Å². The molecule has 1 aromatic rings. The number of nitrogens with zero attached hydrogens (tertiary/aromatic N) is 1. The van der Waals surface area contributed by atoms with Crippen LogP contribution in [0.1, 0.15) is 31.2 Å². The number of likely N-dealkylation sites (tertiary alicyclic amines) is 1. The maximum absolute atomic E-state index is 6.12. The van der Waals surface area contributed by atoms with Gasteiger partial charge in [0.15, 0.2) is 0 Å². The summed E-state index contributed by atoms with van der Waals surface area (Å²) < 4.78 is 0. The lowest BCUT2D eigenvalue weighted by atomic mass is 9.73. The fourth-order valence-corrected chi connectivity index (χ4v) is 3.38. The zero-order chi connectivity index (χ0) is 12.6. The molecule has 2 nitrogen and oxygen atoms in total. The first-order chi connectivity index (χ1) is 8.73. The molecule has 1 aromatic carbocycles. The van der Waals surface area contributed by atoms with Crippen molar-refractivity contribution in [3.8, 4) is 0 Å². The van der Waals surface area contributed by atoms with Crippen LogP contribution in [0.3, 0.4) is 0 Å². The Balaban J connectivity index is 1.78. The van der Waals surface area contributed by atoms with Gasteiger partial charge < -0.3 is 10.6 Å². The van der Waals surface area contributed by atoms with E-state index < -0.39 is 0 Å². The van der Waals surface area contributed by atoms with Crippen LogP contribution in [0.15, 0.2) is 24.3 Å². The Bertz CT molecular complexity index is 420. The van der Waals surface area contributed by atoms with Crippen LogP contribution in [0.4, 0.5) is 0 Å². The molecule has 18 heavy (non-hydrogen) atoms. The van der Waals surface area contributed by atoms with Gasteiger partial charge in [0.2, 0.25) is 0 Å². The van der Waals surface area contributed by atoms with Gasteiger partial charge in [0, 0.05) is 23.0 Å². The molecule has 0 spiro atoms. The normalized spacial score (nSPS) is 24.1. The van der Waals surface area contributed by atoms with Gasteiger partial charge in [0.1, 0.15) is 0 Å². The molecular weight excluding hydrogens is 244 g/mol. The molecule has 2 aliphatic rings. The van der Waals surface area contributed by atoms with E-state index in [-0.39, 0.29) is 5.41 Å². The van der Waals surface area contributed by atoms with Crippen LogP contribution in [-0.2, 0) is 5.41 Å². The van der Waals surface area contributed by atoms with E-state index >= 15 is 0 Å². The molecule has 0 aromatic heterocycles. The number of halogens is 1. The Morgan fingerprint density at radius 2 is 2.00 bits per heavy atom. The van der Waals surface area contributed by atoms with Crippen LogP contribution in [0.25, 0.3) is 0 Å². The maximum atomic E-state index is 6.12. The highest BCUT2D eigenvalue weighted by Gasteiger charge is 2.39. The predicted octanol–water partition coefficient (Wildman–Crippen LogP) is 2.79. The van der Waals surface area contributed by atoms with E-state index in [1.807, 2.05) is 12.1 Å². The van der Waals surface area contributed by atoms with Crippen LogP contribution in [0.5, 0.6) is 0 Å². The van der Waals surface area contributed by atoms with Crippen molar-refractivity contribution in [3.05, 3.63) is 34.9 Å². The molecule has 1 saturated carbocycles. The Kier molecular flexibility index (Phi) is 3.35. The standard InChI is InChI=1S/C15H21ClN2/c16-13-3-1-2-12(10-13)15(11-17)6-8-18(9-7-15)14-4-5-14/h1-3,10,14H,4-9,11,17H2. The molecular formula is C15H21ClN2. The van der Waals surface area contributed by atoms with Crippen molar-refractivity contribution in [2.45, 2.75) is 37.1 Å². The first-order valence-electron chi connectivity index (χ1n) is 6.94. The fraction of sp³-hybridized carbons (Fsp3) is 0.600. The third-order valence-corrected chi connectivity index (χ3v) is 4.88. The SMILES string of the molecule is NCC1(c2cccc(Cl)c2)CCN(C2CC2)CC1. The second kappa shape index (κ2) is 4.84. The molecule has 98 valence electrons. The second-order valence-corrected chi connectivity index (χ2v) is 6.20. The largest absolute Gasteiger partial charge is 0.330 e. The van der Waals surface area contributed by atoms with E-state index in [4.69, 9.17) is 17.3 Å². The highest BCUT2D eigenvalue weighted by molar-refractivity contribution is 6.30. The van der Waals surface area contributed by atoms with Gasteiger partial charge in [0.25, 0.3) is 0 Å².